The van der Waals surface area contributed by atoms with Gasteiger partial charge < -0.3 is 25.0 Å². The number of aryl methyl sites for hydroxylation is 1. The van der Waals surface area contributed by atoms with Crippen molar-refractivity contribution in [2.24, 2.45) is 5.92 Å². The molecule has 2 aromatic carbocycles. The zero-order valence-electron chi connectivity index (χ0n) is 22.8. The second-order valence-corrected chi connectivity index (χ2v) is 10.9. The second kappa shape index (κ2) is 11.7. The lowest BCUT2D eigenvalue weighted by Gasteiger charge is -2.35. The molecule has 37 heavy (non-hydrogen) atoms. The van der Waals surface area contributed by atoms with Crippen molar-refractivity contribution in [2.45, 2.75) is 78.1 Å². The van der Waals surface area contributed by atoms with Crippen LogP contribution in [0.3, 0.4) is 0 Å². The van der Waals surface area contributed by atoms with E-state index in [1.165, 1.54) is 0 Å². The first-order valence-electron chi connectivity index (χ1n) is 12.7. The van der Waals surface area contributed by atoms with Crippen LogP contribution in [0.4, 0.5) is 10.5 Å². The summed E-state index contributed by atoms with van der Waals surface area (Å²) < 4.78 is 10.6. The molecule has 3 amide bonds. The van der Waals surface area contributed by atoms with Gasteiger partial charge in [0.15, 0.2) is 0 Å². The van der Waals surface area contributed by atoms with E-state index in [2.05, 4.69) is 10.6 Å². The van der Waals surface area contributed by atoms with Gasteiger partial charge in [-0.25, -0.2) is 4.79 Å². The Bertz CT molecular complexity index is 1090. The van der Waals surface area contributed by atoms with Crippen LogP contribution in [0.15, 0.2) is 48.5 Å². The van der Waals surface area contributed by atoms with E-state index in [1.807, 2.05) is 45.0 Å². The molecule has 0 aromatic heterocycles. The third-order valence-electron chi connectivity index (χ3n) is 6.08. The minimum absolute atomic E-state index is 0.0953. The molecule has 1 saturated carbocycles. The van der Waals surface area contributed by atoms with Gasteiger partial charge in [-0.05, 0) is 76.3 Å². The Kier molecular flexibility index (Phi) is 8.84. The molecule has 0 aliphatic heterocycles. The first kappa shape index (κ1) is 28.0. The molecule has 3 rings (SSSR count). The molecule has 1 fully saturated rings. The molecular weight excluding hydrogens is 470 g/mol. The SMILES string of the molecule is COc1ccc(NC(=O)C(c2ccc(C)cc2)N(C(=O)C(NC(=O)OC(C)(C)C)C(C)C)C2CC2)cc1. The molecule has 0 heterocycles. The number of carbonyl (C=O) groups excluding carboxylic acids is 3. The van der Waals surface area contributed by atoms with Gasteiger partial charge in [-0.2, -0.15) is 0 Å². The summed E-state index contributed by atoms with van der Waals surface area (Å²) in [4.78, 5) is 42.1. The fourth-order valence-electron chi connectivity index (χ4n) is 4.05. The van der Waals surface area contributed by atoms with E-state index < -0.39 is 23.8 Å². The molecule has 2 atom stereocenters. The van der Waals surface area contributed by atoms with Crippen LogP contribution in [0.1, 0.15) is 64.6 Å². The Morgan fingerprint density at radius 2 is 1.57 bits per heavy atom. The van der Waals surface area contributed by atoms with Crippen molar-refractivity contribution in [3.05, 3.63) is 59.7 Å². The number of rotatable bonds is 9. The zero-order chi connectivity index (χ0) is 27.3. The Labute approximate surface area is 219 Å². The monoisotopic (exact) mass is 509 g/mol. The molecule has 0 bridgehead atoms. The predicted octanol–water partition coefficient (Wildman–Crippen LogP) is 5.22. The minimum Gasteiger partial charge on any atom is -0.497 e. The Morgan fingerprint density at radius 1 is 0.973 bits per heavy atom. The molecule has 0 radical (unpaired) electrons. The van der Waals surface area contributed by atoms with Gasteiger partial charge in [0.1, 0.15) is 23.4 Å². The van der Waals surface area contributed by atoms with Crippen molar-refractivity contribution in [1.29, 1.82) is 0 Å². The van der Waals surface area contributed by atoms with Crippen molar-refractivity contribution in [3.8, 4) is 5.75 Å². The smallest absolute Gasteiger partial charge is 0.408 e. The van der Waals surface area contributed by atoms with Gasteiger partial charge in [-0.3, -0.25) is 9.59 Å². The summed E-state index contributed by atoms with van der Waals surface area (Å²) in [6, 6.07) is 12.8. The van der Waals surface area contributed by atoms with E-state index in [0.29, 0.717) is 17.0 Å². The first-order chi connectivity index (χ1) is 17.4. The second-order valence-electron chi connectivity index (χ2n) is 10.9. The molecular formula is C29H39N3O5. The topological polar surface area (TPSA) is 97.0 Å². The Morgan fingerprint density at radius 3 is 2.05 bits per heavy atom. The highest BCUT2D eigenvalue weighted by atomic mass is 16.6. The maximum Gasteiger partial charge on any atom is 0.408 e. The van der Waals surface area contributed by atoms with Crippen LogP contribution >= 0.6 is 0 Å². The number of methoxy groups -OCH3 is 1. The van der Waals surface area contributed by atoms with E-state index in [0.717, 1.165) is 18.4 Å². The summed E-state index contributed by atoms with van der Waals surface area (Å²) in [6.45, 7) is 11.0. The van der Waals surface area contributed by atoms with Crippen molar-refractivity contribution in [1.82, 2.24) is 10.2 Å². The summed E-state index contributed by atoms with van der Waals surface area (Å²) >= 11 is 0. The van der Waals surface area contributed by atoms with Crippen molar-refractivity contribution in [2.75, 3.05) is 12.4 Å². The fraction of sp³-hybridized carbons (Fsp3) is 0.483. The van der Waals surface area contributed by atoms with Crippen LogP contribution in [0.25, 0.3) is 0 Å². The number of carbonyl (C=O) groups is 3. The first-order valence-corrected chi connectivity index (χ1v) is 12.7. The lowest BCUT2D eigenvalue weighted by molar-refractivity contribution is -0.142. The number of anilines is 1. The highest BCUT2D eigenvalue weighted by molar-refractivity contribution is 5.99. The largest absolute Gasteiger partial charge is 0.497 e. The number of ether oxygens (including phenoxy) is 2. The van der Waals surface area contributed by atoms with Crippen LogP contribution in [-0.4, -0.2) is 47.6 Å². The van der Waals surface area contributed by atoms with Gasteiger partial charge in [0.25, 0.3) is 5.91 Å². The lowest BCUT2D eigenvalue weighted by atomic mass is 9.98. The van der Waals surface area contributed by atoms with Crippen LogP contribution < -0.4 is 15.4 Å². The number of alkyl carbamates (subject to hydrolysis) is 1. The molecule has 8 heteroatoms. The summed E-state index contributed by atoms with van der Waals surface area (Å²) in [7, 11) is 1.58. The number of hydrogen-bond donors (Lipinski definition) is 2. The number of amides is 3. The average Bonchev–Trinajstić information content (AvgIpc) is 3.65. The zero-order valence-corrected chi connectivity index (χ0v) is 22.8. The molecule has 0 saturated heterocycles. The van der Waals surface area contributed by atoms with Gasteiger partial charge in [-0.1, -0.05) is 43.7 Å². The average molecular weight is 510 g/mol. The molecule has 200 valence electrons. The Balaban J connectivity index is 1.95. The van der Waals surface area contributed by atoms with Gasteiger partial charge in [0.05, 0.1) is 7.11 Å². The third kappa shape index (κ3) is 7.71. The Hall–Kier alpha value is -3.55. The van der Waals surface area contributed by atoms with E-state index in [9.17, 15) is 14.4 Å². The lowest BCUT2D eigenvalue weighted by Crippen LogP contribution is -2.55. The molecule has 2 aromatic rings. The number of hydrogen-bond acceptors (Lipinski definition) is 5. The maximum absolute atomic E-state index is 14.0. The van der Waals surface area contributed by atoms with Gasteiger partial charge >= 0.3 is 6.09 Å². The maximum atomic E-state index is 14.0. The van der Waals surface area contributed by atoms with Crippen LogP contribution in [0, 0.1) is 12.8 Å². The molecule has 0 spiro atoms. The van der Waals surface area contributed by atoms with Gasteiger partial charge in [-0.15, -0.1) is 0 Å². The van der Waals surface area contributed by atoms with E-state index >= 15 is 0 Å². The number of nitrogens with zero attached hydrogens (tertiary/aromatic N) is 1. The van der Waals surface area contributed by atoms with Crippen LogP contribution in [0.2, 0.25) is 0 Å². The highest BCUT2D eigenvalue weighted by Gasteiger charge is 2.44. The summed E-state index contributed by atoms with van der Waals surface area (Å²) in [5.41, 5.74) is 1.65. The predicted molar refractivity (Wildman–Crippen MR) is 143 cm³/mol. The third-order valence-corrected chi connectivity index (χ3v) is 6.08. The van der Waals surface area contributed by atoms with Crippen molar-refractivity contribution >= 4 is 23.6 Å². The van der Waals surface area contributed by atoms with Crippen LogP contribution in [-0.2, 0) is 14.3 Å². The quantitative estimate of drug-likeness (QED) is 0.483. The molecule has 2 unspecified atom stereocenters. The van der Waals surface area contributed by atoms with E-state index in [1.54, 1.807) is 57.0 Å². The van der Waals surface area contributed by atoms with Crippen LogP contribution in [0.5, 0.6) is 5.75 Å². The molecule has 1 aliphatic rings. The highest BCUT2D eigenvalue weighted by Crippen LogP contribution is 2.37. The van der Waals surface area contributed by atoms with Gasteiger partial charge in [0, 0.05) is 11.7 Å². The molecule has 8 nitrogen and oxygen atoms in total. The molecule has 1 aliphatic carbocycles. The van der Waals surface area contributed by atoms with Crippen molar-refractivity contribution in [3.63, 3.8) is 0 Å². The normalized spacial score (nSPS) is 14.9. The molecule has 2 N–H and O–H groups in total. The van der Waals surface area contributed by atoms with E-state index in [-0.39, 0.29) is 23.8 Å². The standard InChI is InChI=1S/C29H39N3O5/c1-18(2)24(31-28(35)37-29(4,5)6)27(34)32(22-14-15-22)25(20-10-8-19(3)9-11-20)26(33)30-21-12-16-23(36-7)17-13-21/h8-13,16-18,22,24-25H,14-15H2,1-7H3,(H,30,33)(H,31,35). The summed E-state index contributed by atoms with van der Waals surface area (Å²) in [6.07, 6.45) is 0.923. The fourth-order valence-corrected chi connectivity index (χ4v) is 4.05. The van der Waals surface area contributed by atoms with E-state index in [4.69, 9.17) is 9.47 Å². The number of nitrogens with one attached hydrogen (secondary N) is 2. The van der Waals surface area contributed by atoms with Gasteiger partial charge in [0.2, 0.25) is 5.91 Å². The summed E-state index contributed by atoms with van der Waals surface area (Å²) in [5, 5.41) is 5.72. The number of benzene rings is 2. The minimum atomic E-state index is -0.871. The van der Waals surface area contributed by atoms with Crippen molar-refractivity contribution < 1.29 is 23.9 Å². The summed E-state index contributed by atoms with van der Waals surface area (Å²) in [5.74, 6) is -0.173.